The van der Waals surface area contributed by atoms with Crippen molar-refractivity contribution in [2.45, 2.75) is 56.5 Å². The Hall–Kier alpha value is -6.58. The molecule has 9 rings (SSSR count). The third kappa shape index (κ3) is 7.27. The van der Waals surface area contributed by atoms with E-state index >= 15 is 0 Å². The van der Waals surface area contributed by atoms with Gasteiger partial charge in [0, 0.05) is 93.0 Å². The summed E-state index contributed by atoms with van der Waals surface area (Å²) in [6.07, 6.45) is 8.93. The molecule has 300 valence electrons. The van der Waals surface area contributed by atoms with Gasteiger partial charge in [-0.1, -0.05) is 11.3 Å². The first-order valence-corrected chi connectivity index (χ1v) is 20.5. The van der Waals surface area contributed by atoms with Crippen LogP contribution in [0.25, 0.3) is 27.4 Å². The summed E-state index contributed by atoms with van der Waals surface area (Å²) in [6, 6.07) is 12.0. The molecule has 3 aliphatic heterocycles. The van der Waals surface area contributed by atoms with E-state index in [9.17, 15) is 29.2 Å². The van der Waals surface area contributed by atoms with Crippen LogP contribution >= 0.6 is 11.3 Å². The molecule has 4 aromatic heterocycles. The highest BCUT2D eigenvalue weighted by molar-refractivity contribution is 7.14. The lowest BCUT2D eigenvalue weighted by Crippen LogP contribution is -2.54. The number of rotatable bonds is 9. The number of benzene rings is 1. The molecule has 2 saturated heterocycles. The topological polar surface area (TPSA) is 211 Å². The predicted molar refractivity (Wildman–Crippen MR) is 217 cm³/mol. The minimum Gasteiger partial charge on any atom is -0.387 e. The molecular formula is C41H40N12O5S. The first-order chi connectivity index (χ1) is 28.7. The monoisotopic (exact) mass is 812 g/mol. The van der Waals surface area contributed by atoms with Gasteiger partial charge in [0.05, 0.1) is 28.8 Å². The summed E-state index contributed by atoms with van der Waals surface area (Å²) in [5, 5.41) is 29.7. The van der Waals surface area contributed by atoms with Gasteiger partial charge >= 0.3 is 0 Å². The number of imide groups is 2. The van der Waals surface area contributed by atoms with Gasteiger partial charge < -0.3 is 15.5 Å². The van der Waals surface area contributed by atoms with Crippen molar-refractivity contribution >= 4 is 63.3 Å². The second-order valence-corrected chi connectivity index (χ2v) is 16.3. The molecule has 17 nitrogen and oxygen atoms in total. The average molecular weight is 813 g/mol. The van der Waals surface area contributed by atoms with E-state index in [-0.39, 0.29) is 41.8 Å². The molecule has 1 aromatic carbocycles. The summed E-state index contributed by atoms with van der Waals surface area (Å²) >= 11 is 1.57. The van der Waals surface area contributed by atoms with Crippen LogP contribution in [-0.4, -0.2) is 116 Å². The van der Waals surface area contributed by atoms with E-state index in [1.807, 2.05) is 36.0 Å². The Morgan fingerprint density at radius 3 is 2.47 bits per heavy atom. The summed E-state index contributed by atoms with van der Waals surface area (Å²) in [5.41, 5.74) is 4.24. The van der Waals surface area contributed by atoms with E-state index < -0.39 is 29.7 Å². The number of nitriles is 1. The molecule has 5 amide bonds. The maximum absolute atomic E-state index is 13.3. The third-order valence-corrected chi connectivity index (χ3v) is 12.8. The Bertz CT molecular complexity index is 2560. The summed E-state index contributed by atoms with van der Waals surface area (Å²) < 4.78 is 1.89. The SMILES string of the molecule is CNc1cc(-n2ccc3cc(C#N)cnc32)ncc1-c1nnc([C@H]2CC[C@H](NC(=O)CN3CCN(c4ccc5c(c4)C(=O)N(C4CCC(=O)NC4=O)C5=O)CC3)CC2)s1. The van der Waals surface area contributed by atoms with Gasteiger partial charge in [0.1, 0.15) is 28.6 Å². The van der Waals surface area contributed by atoms with Gasteiger partial charge in [-0.3, -0.25) is 43.7 Å². The smallest absolute Gasteiger partial charge is 0.262 e. The van der Waals surface area contributed by atoms with Crippen LogP contribution in [0.2, 0.25) is 0 Å². The number of pyridine rings is 2. The highest BCUT2D eigenvalue weighted by Crippen LogP contribution is 2.39. The maximum Gasteiger partial charge on any atom is 0.262 e. The molecule has 3 N–H and O–H groups in total. The van der Waals surface area contributed by atoms with Crippen molar-refractivity contribution < 1.29 is 24.0 Å². The number of carbonyl (C=O) groups excluding carboxylic acids is 5. The fraction of sp³-hybridized carbons (Fsp3) is 0.366. The third-order valence-electron chi connectivity index (χ3n) is 11.7. The fourth-order valence-corrected chi connectivity index (χ4v) is 9.55. The molecule has 59 heavy (non-hydrogen) atoms. The van der Waals surface area contributed by atoms with Crippen molar-refractivity contribution in [3.8, 4) is 22.5 Å². The molecule has 1 saturated carbocycles. The Morgan fingerprint density at radius 1 is 0.915 bits per heavy atom. The van der Waals surface area contributed by atoms with Crippen molar-refractivity contribution in [3.05, 3.63) is 76.7 Å². The Kier molecular flexibility index (Phi) is 10.1. The van der Waals surface area contributed by atoms with E-state index in [0.29, 0.717) is 49.8 Å². The molecule has 1 aliphatic carbocycles. The van der Waals surface area contributed by atoms with Gasteiger partial charge in [0.15, 0.2) is 5.01 Å². The first kappa shape index (κ1) is 38.0. The Balaban J connectivity index is 0.750. The summed E-state index contributed by atoms with van der Waals surface area (Å²) in [4.78, 5) is 78.0. The molecule has 5 aromatic rings. The van der Waals surface area contributed by atoms with E-state index in [1.54, 1.807) is 41.9 Å². The number of hydrogen-bond donors (Lipinski definition) is 3. The van der Waals surface area contributed by atoms with Crippen molar-refractivity contribution in [1.29, 1.82) is 5.26 Å². The predicted octanol–water partition coefficient (Wildman–Crippen LogP) is 3.22. The van der Waals surface area contributed by atoms with Crippen LogP contribution in [0.15, 0.2) is 55.0 Å². The molecule has 3 fully saturated rings. The summed E-state index contributed by atoms with van der Waals surface area (Å²) in [6.45, 7) is 2.89. The summed E-state index contributed by atoms with van der Waals surface area (Å²) in [7, 11) is 1.86. The van der Waals surface area contributed by atoms with Crippen LogP contribution in [0.5, 0.6) is 0 Å². The van der Waals surface area contributed by atoms with E-state index in [1.165, 1.54) is 0 Å². The zero-order chi connectivity index (χ0) is 40.8. The number of hydrogen-bond acceptors (Lipinski definition) is 14. The zero-order valence-electron chi connectivity index (χ0n) is 32.2. The number of fused-ring (bicyclic) bond motifs is 2. The van der Waals surface area contributed by atoms with Crippen molar-refractivity contribution in [1.82, 2.24) is 45.2 Å². The number of amides is 5. The van der Waals surface area contributed by atoms with Crippen molar-refractivity contribution in [2.75, 3.05) is 50.0 Å². The number of nitrogens with one attached hydrogen (secondary N) is 3. The zero-order valence-corrected chi connectivity index (χ0v) is 33.0. The average Bonchev–Trinajstić information content (AvgIpc) is 3.98. The quantitative estimate of drug-likeness (QED) is 0.183. The lowest BCUT2D eigenvalue weighted by Gasteiger charge is -2.36. The van der Waals surface area contributed by atoms with Crippen molar-refractivity contribution in [2.24, 2.45) is 0 Å². The molecule has 0 radical (unpaired) electrons. The molecule has 0 spiro atoms. The minimum atomic E-state index is -1.00. The van der Waals surface area contributed by atoms with Crippen LogP contribution in [0, 0.1) is 11.3 Å². The number of carbonyl (C=O) groups is 5. The summed E-state index contributed by atoms with van der Waals surface area (Å²) in [5.74, 6) is -1.14. The molecule has 0 bridgehead atoms. The van der Waals surface area contributed by atoms with Crippen LogP contribution in [0.3, 0.4) is 0 Å². The number of anilines is 2. The second kappa shape index (κ2) is 15.6. The van der Waals surface area contributed by atoms with E-state index in [2.05, 4.69) is 47.0 Å². The lowest BCUT2D eigenvalue weighted by atomic mass is 9.86. The standard InChI is InChI=1S/C41H40N12O5S/c1-43-31-18-33(52-11-10-25-16-23(19-42)20-45-36(25)52)44-21-30(31)39-49-48-38(59-39)24-2-4-26(5-3-24)46-35(55)22-50-12-14-51(15-13-50)27-6-7-28-29(17-27)41(58)53(40(28)57)32-8-9-34(54)47-37(32)56/h6-7,10-11,16-18,20-21,24,26,32H,2-5,8-9,12-15,22H2,1H3,(H,43,44)(H,46,55)(H,47,54,56)/t24-,26-,32?. The van der Waals surface area contributed by atoms with Gasteiger partial charge in [-0.25, -0.2) is 9.97 Å². The van der Waals surface area contributed by atoms with Gasteiger partial charge in [0.25, 0.3) is 11.8 Å². The van der Waals surface area contributed by atoms with Gasteiger partial charge in [-0.2, -0.15) is 5.26 Å². The Morgan fingerprint density at radius 2 is 1.71 bits per heavy atom. The molecule has 4 aliphatic rings. The number of piperidine rings is 1. The van der Waals surface area contributed by atoms with E-state index in [4.69, 9.17) is 4.98 Å². The van der Waals surface area contributed by atoms with Crippen LogP contribution in [-0.2, 0) is 14.4 Å². The van der Waals surface area contributed by atoms with Crippen LogP contribution < -0.4 is 20.9 Å². The minimum absolute atomic E-state index is 0.00133. The highest BCUT2D eigenvalue weighted by Gasteiger charge is 2.45. The van der Waals surface area contributed by atoms with Gasteiger partial charge in [-0.15, -0.1) is 10.2 Å². The number of aromatic nitrogens is 5. The molecule has 1 atom stereocenters. The lowest BCUT2D eigenvalue weighted by molar-refractivity contribution is -0.136. The van der Waals surface area contributed by atoms with E-state index in [0.717, 1.165) is 62.9 Å². The Labute approximate surface area is 342 Å². The van der Waals surface area contributed by atoms with Crippen LogP contribution in [0.4, 0.5) is 11.4 Å². The van der Waals surface area contributed by atoms with Gasteiger partial charge in [-0.05, 0) is 62.4 Å². The van der Waals surface area contributed by atoms with Gasteiger partial charge in [0.2, 0.25) is 17.7 Å². The number of piperazine rings is 1. The molecule has 18 heteroatoms. The van der Waals surface area contributed by atoms with Crippen molar-refractivity contribution in [3.63, 3.8) is 0 Å². The first-order valence-electron chi connectivity index (χ1n) is 19.7. The van der Waals surface area contributed by atoms with Crippen LogP contribution in [0.1, 0.15) is 75.7 Å². The largest absolute Gasteiger partial charge is 0.387 e. The molecule has 7 heterocycles. The highest BCUT2D eigenvalue weighted by atomic mass is 32.1. The number of nitrogens with zero attached hydrogens (tertiary/aromatic N) is 9. The molecule has 1 unspecified atom stereocenters. The normalized spacial score (nSPS) is 21.1. The maximum atomic E-state index is 13.3. The second-order valence-electron chi connectivity index (χ2n) is 15.3. The fourth-order valence-electron chi connectivity index (χ4n) is 8.51. The molecular weight excluding hydrogens is 773 g/mol.